The number of halogens is 1. The first-order valence-electron chi connectivity index (χ1n) is 8.65. The first-order valence-corrected chi connectivity index (χ1v) is 10.8. The van der Waals surface area contributed by atoms with Gasteiger partial charge in [0.1, 0.15) is 16.8 Å². The van der Waals surface area contributed by atoms with Gasteiger partial charge in [0.2, 0.25) is 0 Å². The number of nitrogens with one attached hydrogen (secondary N) is 1. The summed E-state index contributed by atoms with van der Waals surface area (Å²) in [6.07, 6.45) is 1.82. The van der Waals surface area contributed by atoms with Crippen molar-refractivity contribution in [1.29, 1.82) is 5.26 Å². The minimum Gasteiger partial charge on any atom is -0.321 e. The average Bonchev–Trinajstić information content (AvgIpc) is 3.14. The maximum atomic E-state index is 12.5. The Bertz CT molecular complexity index is 1100. The maximum absolute atomic E-state index is 12.5. The third-order valence-corrected chi connectivity index (χ3v) is 6.72. The molecule has 0 spiro atoms. The van der Waals surface area contributed by atoms with E-state index in [1.165, 1.54) is 10.8 Å². The molecule has 1 aromatic heterocycles. The molecule has 0 bridgehead atoms. The normalized spacial score (nSPS) is 18.6. The number of hydrogen-bond donors (Lipinski definition) is 1. The van der Waals surface area contributed by atoms with Gasteiger partial charge < -0.3 is 5.32 Å². The summed E-state index contributed by atoms with van der Waals surface area (Å²) < 4.78 is 24.9. The molecular formula is C19H19ClN4O3S. The zero-order valence-corrected chi connectivity index (χ0v) is 17.0. The minimum atomic E-state index is -3.09. The van der Waals surface area contributed by atoms with Gasteiger partial charge in [-0.1, -0.05) is 29.3 Å². The molecule has 1 aromatic carbocycles. The SMILES string of the molecule is Cc1ccc(NC(=O)/C(C#N)=C/c2c(C)nn([C@H]3CCS(=O)(=O)C3)c2Cl)cc1. The van der Waals surface area contributed by atoms with Crippen molar-refractivity contribution in [1.82, 2.24) is 9.78 Å². The van der Waals surface area contributed by atoms with Crippen LogP contribution in [0.25, 0.3) is 6.08 Å². The van der Waals surface area contributed by atoms with Crippen LogP contribution < -0.4 is 5.32 Å². The van der Waals surface area contributed by atoms with Crippen LogP contribution in [0.3, 0.4) is 0 Å². The number of nitriles is 1. The summed E-state index contributed by atoms with van der Waals surface area (Å²) in [6, 6.07) is 8.75. The summed E-state index contributed by atoms with van der Waals surface area (Å²) in [5.41, 5.74) is 2.46. The zero-order valence-electron chi connectivity index (χ0n) is 15.4. The fraction of sp³-hybridized carbons (Fsp3) is 0.316. The Labute approximate surface area is 168 Å². The lowest BCUT2D eigenvalue weighted by atomic mass is 10.1. The zero-order chi connectivity index (χ0) is 20.5. The van der Waals surface area contributed by atoms with E-state index in [9.17, 15) is 18.5 Å². The Morgan fingerprint density at radius 3 is 2.61 bits per heavy atom. The van der Waals surface area contributed by atoms with Gasteiger partial charge in [0.15, 0.2) is 9.84 Å². The van der Waals surface area contributed by atoms with E-state index in [1.54, 1.807) is 19.1 Å². The van der Waals surface area contributed by atoms with Crippen LogP contribution in [0, 0.1) is 25.2 Å². The number of nitrogens with zero attached hydrogens (tertiary/aromatic N) is 3. The molecule has 1 saturated heterocycles. The number of hydrogen-bond acceptors (Lipinski definition) is 5. The predicted molar refractivity (Wildman–Crippen MR) is 108 cm³/mol. The number of rotatable bonds is 4. The number of aromatic nitrogens is 2. The van der Waals surface area contributed by atoms with E-state index in [0.29, 0.717) is 23.4 Å². The standard InChI is InChI=1S/C19H19ClN4O3S/c1-12-3-5-15(6-4-12)22-19(25)14(10-21)9-17-13(2)23-24(18(17)20)16-7-8-28(26,27)11-16/h3-6,9,16H,7-8,11H2,1-2H3,(H,22,25)/b14-9+/t16-/m0/s1. The number of benzene rings is 1. The summed E-state index contributed by atoms with van der Waals surface area (Å²) in [5.74, 6) is -0.478. The molecule has 2 aromatic rings. The highest BCUT2D eigenvalue weighted by Gasteiger charge is 2.32. The van der Waals surface area contributed by atoms with Crippen molar-refractivity contribution in [2.24, 2.45) is 0 Å². The fourth-order valence-corrected chi connectivity index (χ4v) is 5.09. The van der Waals surface area contributed by atoms with Crippen LogP contribution >= 0.6 is 11.6 Å². The predicted octanol–water partition coefficient (Wildman–Crippen LogP) is 3.06. The van der Waals surface area contributed by atoms with E-state index in [2.05, 4.69) is 10.4 Å². The van der Waals surface area contributed by atoms with Crippen molar-refractivity contribution in [3.05, 3.63) is 51.8 Å². The van der Waals surface area contributed by atoms with Gasteiger partial charge >= 0.3 is 0 Å². The number of amides is 1. The van der Waals surface area contributed by atoms with Gasteiger partial charge in [0.05, 0.1) is 23.2 Å². The molecular weight excluding hydrogens is 400 g/mol. The van der Waals surface area contributed by atoms with Crippen molar-refractivity contribution < 1.29 is 13.2 Å². The molecule has 1 aliphatic rings. The fourth-order valence-electron chi connectivity index (χ4n) is 3.03. The van der Waals surface area contributed by atoms with Gasteiger partial charge in [-0.3, -0.25) is 4.79 Å². The van der Waals surface area contributed by atoms with Gasteiger partial charge in [-0.25, -0.2) is 13.1 Å². The number of carbonyl (C=O) groups excluding carboxylic acids is 1. The van der Waals surface area contributed by atoms with Crippen molar-refractivity contribution in [3.8, 4) is 6.07 Å². The van der Waals surface area contributed by atoms with Crippen LogP contribution in [0.15, 0.2) is 29.8 Å². The van der Waals surface area contributed by atoms with Gasteiger partial charge in [-0.2, -0.15) is 10.4 Å². The molecule has 1 N–H and O–H groups in total. The molecule has 9 heteroatoms. The third-order valence-electron chi connectivity index (χ3n) is 4.59. The molecule has 2 heterocycles. The molecule has 1 fully saturated rings. The Balaban J connectivity index is 1.87. The lowest BCUT2D eigenvalue weighted by Crippen LogP contribution is -2.13. The van der Waals surface area contributed by atoms with Crippen LogP contribution in [0.1, 0.15) is 29.3 Å². The van der Waals surface area contributed by atoms with Crippen LogP contribution in [0.2, 0.25) is 5.15 Å². The summed E-state index contributed by atoms with van der Waals surface area (Å²) in [5, 5.41) is 16.6. The average molecular weight is 419 g/mol. The van der Waals surface area contributed by atoms with Gasteiger partial charge in [-0.15, -0.1) is 0 Å². The van der Waals surface area contributed by atoms with Crippen molar-refractivity contribution in [3.63, 3.8) is 0 Å². The summed E-state index contributed by atoms with van der Waals surface area (Å²) >= 11 is 6.41. The Morgan fingerprint density at radius 2 is 2.04 bits per heavy atom. The Hall–Kier alpha value is -2.63. The second-order valence-electron chi connectivity index (χ2n) is 6.78. The quantitative estimate of drug-likeness (QED) is 0.606. The number of anilines is 1. The number of aryl methyl sites for hydroxylation is 2. The highest BCUT2D eigenvalue weighted by Crippen LogP contribution is 2.31. The molecule has 7 nitrogen and oxygen atoms in total. The van der Waals surface area contributed by atoms with Gasteiger partial charge in [0, 0.05) is 11.3 Å². The lowest BCUT2D eigenvalue weighted by Gasteiger charge is -2.09. The summed E-state index contributed by atoms with van der Waals surface area (Å²) in [6.45, 7) is 3.63. The second-order valence-corrected chi connectivity index (χ2v) is 9.37. The van der Waals surface area contributed by atoms with E-state index in [0.717, 1.165) is 5.56 Å². The van der Waals surface area contributed by atoms with Crippen molar-refractivity contribution in [2.75, 3.05) is 16.8 Å². The van der Waals surface area contributed by atoms with Crippen LogP contribution in [0.5, 0.6) is 0 Å². The van der Waals surface area contributed by atoms with E-state index in [1.807, 2.05) is 25.1 Å². The Morgan fingerprint density at radius 1 is 1.36 bits per heavy atom. The van der Waals surface area contributed by atoms with E-state index < -0.39 is 15.7 Å². The van der Waals surface area contributed by atoms with Crippen LogP contribution in [0.4, 0.5) is 5.69 Å². The highest BCUT2D eigenvalue weighted by molar-refractivity contribution is 7.91. The molecule has 28 heavy (non-hydrogen) atoms. The minimum absolute atomic E-state index is 0.0178. The topological polar surface area (TPSA) is 105 Å². The largest absolute Gasteiger partial charge is 0.321 e. The van der Waals surface area contributed by atoms with E-state index in [-0.39, 0.29) is 28.3 Å². The summed E-state index contributed by atoms with van der Waals surface area (Å²) in [4.78, 5) is 12.5. The molecule has 1 aliphatic heterocycles. The van der Waals surface area contributed by atoms with E-state index >= 15 is 0 Å². The first-order chi connectivity index (χ1) is 13.2. The Kier molecular flexibility index (Phi) is 5.59. The molecule has 1 amide bonds. The second kappa shape index (κ2) is 7.78. The lowest BCUT2D eigenvalue weighted by molar-refractivity contribution is -0.112. The molecule has 0 radical (unpaired) electrons. The molecule has 146 valence electrons. The number of carbonyl (C=O) groups is 1. The monoisotopic (exact) mass is 418 g/mol. The molecule has 0 saturated carbocycles. The van der Waals surface area contributed by atoms with Crippen LogP contribution in [-0.4, -0.2) is 35.6 Å². The van der Waals surface area contributed by atoms with Crippen molar-refractivity contribution in [2.45, 2.75) is 26.3 Å². The summed E-state index contributed by atoms with van der Waals surface area (Å²) in [7, 11) is -3.09. The molecule has 3 rings (SSSR count). The maximum Gasteiger partial charge on any atom is 0.266 e. The highest BCUT2D eigenvalue weighted by atomic mass is 35.5. The van der Waals surface area contributed by atoms with Gasteiger partial charge in [-0.05, 0) is 38.5 Å². The van der Waals surface area contributed by atoms with Crippen LogP contribution in [-0.2, 0) is 14.6 Å². The molecule has 0 aliphatic carbocycles. The van der Waals surface area contributed by atoms with E-state index in [4.69, 9.17) is 11.6 Å². The molecule has 0 unspecified atom stereocenters. The van der Waals surface area contributed by atoms with Gasteiger partial charge in [0.25, 0.3) is 5.91 Å². The number of sulfone groups is 1. The smallest absolute Gasteiger partial charge is 0.266 e. The molecule has 1 atom stereocenters. The first kappa shape index (κ1) is 20.1. The third kappa shape index (κ3) is 4.26. The van der Waals surface area contributed by atoms with Crippen molar-refractivity contribution >= 4 is 39.1 Å².